The third-order valence-corrected chi connectivity index (χ3v) is 7.07. The Labute approximate surface area is 204 Å². The smallest absolute Gasteiger partial charge is 0.301 e. The zero-order chi connectivity index (χ0) is 24.9. The predicted octanol–water partition coefficient (Wildman–Crippen LogP) is 5.69. The number of benzene rings is 3. The third kappa shape index (κ3) is 3.76. The maximum atomic E-state index is 15.1. The Morgan fingerprint density at radius 3 is 2.57 bits per heavy atom. The fourth-order valence-electron chi connectivity index (χ4n) is 4.32. The van der Waals surface area contributed by atoms with Gasteiger partial charge in [-0.2, -0.15) is 0 Å². The SMILES string of the molecule is COc1ccc(/C(O)=C2\C(=O)C(=O)N(c3nc4ccc(C)cc4s3)[C@@H]2c2ccccc2F)cc1C. The zero-order valence-electron chi connectivity index (χ0n) is 19.2. The number of carbonyl (C=O) groups is 2. The maximum absolute atomic E-state index is 15.1. The second kappa shape index (κ2) is 8.63. The number of rotatable bonds is 4. The number of Topliss-reactive ketones (excluding diaryl/α,β-unsaturated/α-hetero) is 1. The highest BCUT2D eigenvalue weighted by Gasteiger charge is 2.49. The van der Waals surface area contributed by atoms with E-state index in [4.69, 9.17) is 4.74 Å². The largest absolute Gasteiger partial charge is 0.507 e. The highest BCUT2D eigenvalue weighted by atomic mass is 32.1. The number of aliphatic hydroxyl groups excluding tert-OH is 1. The van der Waals surface area contributed by atoms with Crippen molar-refractivity contribution in [2.45, 2.75) is 19.9 Å². The van der Waals surface area contributed by atoms with Crippen molar-refractivity contribution in [1.82, 2.24) is 4.98 Å². The average molecular weight is 489 g/mol. The number of aromatic nitrogens is 1. The minimum absolute atomic E-state index is 0.0916. The van der Waals surface area contributed by atoms with Gasteiger partial charge in [0.15, 0.2) is 5.13 Å². The lowest BCUT2D eigenvalue weighted by Gasteiger charge is -2.23. The molecule has 0 radical (unpaired) electrons. The summed E-state index contributed by atoms with van der Waals surface area (Å²) in [7, 11) is 1.53. The van der Waals surface area contributed by atoms with E-state index in [9.17, 15) is 14.7 Å². The summed E-state index contributed by atoms with van der Waals surface area (Å²) in [5.74, 6) is -2.15. The van der Waals surface area contributed by atoms with Crippen molar-refractivity contribution in [3.63, 3.8) is 0 Å². The minimum Gasteiger partial charge on any atom is -0.507 e. The number of aryl methyl sites for hydroxylation is 2. The number of aliphatic hydroxyl groups is 1. The van der Waals surface area contributed by atoms with Crippen LogP contribution in [0.15, 0.2) is 66.2 Å². The summed E-state index contributed by atoms with van der Waals surface area (Å²) in [6.07, 6.45) is 0. The number of ether oxygens (including phenoxy) is 1. The fourth-order valence-corrected chi connectivity index (χ4v) is 5.42. The molecule has 1 aliphatic heterocycles. The third-order valence-electron chi connectivity index (χ3n) is 6.05. The molecule has 1 fully saturated rings. The van der Waals surface area contributed by atoms with Gasteiger partial charge in [0, 0.05) is 11.1 Å². The van der Waals surface area contributed by atoms with E-state index in [0.717, 1.165) is 15.8 Å². The molecule has 1 aliphatic rings. The molecule has 35 heavy (non-hydrogen) atoms. The van der Waals surface area contributed by atoms with Gasteiger partial charge in [-0.3, -0.25) is 14.5 Å². The number of ketones is 1. The molecule has 4 aromatic rings. The summed E-state index contributed by atoms with van der Waals surface area (Å²) in [5.41, 5.74) is 2.64. The van der Waals surface area contributed by atoms with Gasteiger partial charge in [0.1, 0.15) is 23.4 Å². The number of methoxy groups -OCH3 is 1. The Kier molecular flexibility index (Phi) is 5.61. The van der Waals surface area contributed by atoms with Gasteiger partial charge in [-0.1, -0.05) is 35.6 Å². The van der Waals surface area contributed by atoms with Crippen LogP contribution in [0.1, 0.15) is 28.3 Å². The first-order valence-electron chi connectivity index (χ1n) is 10.9. The van der Waals surface area contributed by atoms with Crippen molar-refractivity contribution in [2.75, 3.05) is 12.0 Å². The number of hydrogen-bond acceptors (Lipinski definition) is 6. The normalized spacial score (nSPS) is 17.4. The molecule has 1 N–H and O–H groups in total. The molecule has 8 heteroatoms. The Balaban J connectivity index is 1.74. The van der Waals surface area contributed by atoms with Crippen LogP contribution in [-0.2, 0) is 9.59 Å². The summed E-state index contributed by atoms with van der Waals surface area (Å²) in [5, 5.41) is 11.5. The van der Waals surface area contributed by atoms with Crippen molar-refractivity contribution in [3.05, 3.63) is 94.3 Å². The lowest BCUT2D eigenvalue weighted by molar-refractivity contribution is -0.132. The fraction of sp³-hybridized carbons (Fsp3) is 0.148. The molecular formula is C27H21FN2O4S. The van der Waals surface area contributed by atoms with Gasteiger partial charge in [0.2, 0.25) is 0 Å². The van der Waals surface area contributed by atoms with Crippen LogP contribution in [-0.4, -0.2) is 28.9 Å². The number of halogens is 1. The highest BCUT2D eigenvalue weighted by Crippen LogP contribution is 2.45. The molecule has 1 atom stereocenters. The summed E-state index contributed by atoms with van der Waals surface area (Å²) < 4.78 is 21.2. The summed E-state index contributed by atoms with van der Waals surface area (Å²) >= 11 is 1.23. The van der Waals surface area contributed by atoms with Crippen molar-refractivity contribution >= 4 is 44.1 Å². The van der Waals surface area contributed by atoms with Crippen molar-refractivity contribution in [1.29, 1.82) is 0 Å². The summed E-state index contributed by atoms with van der Waals surface area (Å²) in [4.78, 5) is 32.4. The monoisotopic (exact) mass is 488 g/mol. The van der Waals surface area contributed by atoms with Crippen molar-refractivity contribution in [3.8, 4) is 5.75 Å². The first kappa shape index (κ1) is 22.7. The second-order valence-corrected chi connectivity index (χ2v) is 9.35. The van der Waals surface area contributed by atoms with Crippen molar-refractivity contribution in [2.24, 2.45) is 0 Å². The Morgan fingerprint density at radius 1 is 1.09 bits per heavy atom. The first-order valence-corrected chi connectivity index (χ1v) is 11.7. The Bertz CT molecular complexity index is 1540. The number of thiazole rings is 1. The maximum Gasteiger partial charge on any atom is 0.301 e. The first-order chi connectivity index (χ1) is 16.8. The number of fused-ring (bicyclic) bond motifs is 1. The van der Waals surface area contributed by atoms with Gasteiger partial charge in [0.25, 0.3) is 5.78 Å². The highest BCUT2D eigenvalue weighted by molar-refractivity contribution is 7.22. The second-order valence-electron chi connectivity index (χ2n) is 8.34. The van der Waals surface area contributed by atoms with Crippen molar-refractivity contribution < 1.29 is 23.8 Å². The molecule has 1 aromatic heterocycles. The van der Waals surface area contributed by atoms with Gasteiger partial charge in [-0.05, 0) is 61.4 Å². The quantitative estimate of drug-likeness (QED) is 0.227. The molecule has 1 amide bonds. The molecule has 0 spiro atoms. The number of carbonyl (C=O) groups excluding carboxylic acids is 2. The summed E-state index contributed by atoms with van der Waals surface area (Å²) in [6.45, 7) is 3.74. The van der Waals surface area contributed by atoms with Crippen LogP contribution in [0.3, 0.4) is 0 Å². The molecule has 5 rings (SSSR count). The van der Waals surface area contributed by atoms with Crippen LogP contribution in [0.25, 0.3) is 16.0 Å². The van der Waals surface area contributed by atoms with Gasteiger partial charge in [0.05, 0.1) is 22.9 Å². The van der Waals surface area contributed by atoms with Crippen LogP contribution >= 0.6 is 11.3 Å². The number of hydrogen-bond donors (Lipinski definition) is 1. The van der Waals surface area contributed by atoms with E-state index in [1.807, 2.05) is 25.1 Å². The molecule has 0 aliphatic carbocycles. The van der Waals surface area contributed by atoms with Gasteiger partial charge in [-0.25, -0.2) is 9.37 Å². The Morgan fingerprint density at radius 2 is 1.86 bits per heavy atom. The molecule has 3 aromatic carbocycles. The molecule has 6 nitrogen and oxygen atoms in total. The van der Waals surface area contributed by atoms with E-state index in [2.05, 4.69) is 4.98 Å². The molecule has 0 saturated carbocycles. The minimum atomic E-state index is -1.18. The number of anilines is 1. The molecule has 2 heterocycles. The summed E-state index contributed by atoms with van der Waals surface area (Å²) in [6, 6.07) is 15.3. The van der Waals surface area contributed by atoms with Crippen LogP contribution in [0.4, 0.5) is 9.52 Å². The van der Waals surface area contributed by atoms with E-state index < -0.39 is 23.5 Å². The number of amides is 1. The van der Waals surface area contributed by atoms with Crippen LogP contribution in [0.2, 0.25) is 0 Å². The van der Waals surface area contributed by atoms with Crippen LogP contribution in [0.5, 0.6) is 5.75 Å². The van der Waals surface area contributed by atoms with E-state index in [1.165, 1.54) is 41.5 Å². The molecule has 1 saturated heterocycles. The lowest BCUT2D eigenvalue weighted by Crippen LogP contribution is -2.29. The van der Waals surface area contributed by atoms with Gasteiger partial charge < -0.3 is 9.84 Å². The van der Waals surface area contributed by atoms with E-state index in [0.29, 0.717) is 16.8 Å². The predicted molar refractivity (Wildman–Crippen MR) is 133 cm³/mol. The van der Waals surface area contributed by atoms with Gasteiger partial charge >= 0.3 is 5.91 Å². The van der Waals surface area contributed by atoms with E-state index in [1.54, 1.807) is 31.2 Å². The lowest BCUT2D eigenvalue weighted by atomic mass is 9.94. The molecular weight excluding hydrogens is 467 g/mol. The standard InChI is InChI=1S/C27H21FN2O4S/c1-14-8-10-19-21(12-14)35-27(29-19)30-23(17-6-4-5-7-18(17)28)22(25(32)26(30)33)24(31)16-9-11-20(34-3)15(2)13-16/h4-13,23,31H,1-3H3/b24-22+/t23-/m1/s1. The molecule has 176 valence electrons. The van der Waals surface area contributed by atoms with Crippen LogP contribution < -0.4 is 9.64 Å². The van der Waals surface area contributed by atoms with E-state index in [-0.39, 0.29) is 22.0 Å². The number of nitrogens with zero attached hydrogens (tertiary/aromatic N) is 2. The molecule has 0 bridgehead atoms. The topological polar surface area (TPSA) is 79.7 Å². The van der Waals surface area contributed by atoms with Crippen LogP contribution in [0, 0.1) is 19.7 Å². The van der Waals surface area contributed by atoms with E-state index >= 15 is 4.39 Å². The van der Waals surface area contributed by atoms with Gasteiger partial charge in [-0.15, -0.1) is 0 Å². The zero-order valence-corrected chi connectivity index (χ0v) is 20.0. The Hall–Kier alpha value is -4.04. The average Bonchev–Trinajstić information content (AvgIpc) is 3.36. The molecule has 0 unspecified atom stereocenters.